The third kappa shape index (κ3) is 4.15. The third-order valence-corrected chi connectivity index (χ3v) is 5.70. The number of para-hydroxylation sites is 1. The number of nitrogens with zero attached hydrogens (tertiary/aromatic N) is 2. The van der Waals surface area contributed by atoms with Crippen molar-refractivity contribution in [1.29, 1.82) is 0 Å². The summed E-state index contributed by atoms with van der Waals surface area (Å²) in [5.74, 6) is -0.470. The highest BCUT2D eigenvalue weighted by molar-refractivity contribution is 7.99. The topological polar surface area (TPSA) is 79.8 Å². The van der Waals surface area contributed by atoms with Crippen LogP contribution in [0.2, 0.25) is 0 Å². The Morgan fingerprint density at radius 1 is 1.16 bits per heavy atom. The number of hydrogen-bond donors (Lipinski definition) is 2. The first-order chi connectivity index (χ1) is 14.8. The number of carbonyl (C=O) groups excluding carboxylic acids is 1. The third-order valence-electron chi connectivity index (χ3n) is 4.72. The Balaban J connectivity index is 1.55. The number of hydrogen-bond acceptors (Lipinski definition) is 4. The molecule has 160 valence electrons. The second kappa shape index (κ2) is 8.10. The molecule has 0 radical (unpaired) electrons. The summed E-state index contributed by atoms with van der Waals surface area (Å²) in [4.78, 5) is 32.9. The summed E-state index contributed by atoms with van der Waals surface area (Å²) < 4.78 is 39.4. The Morgan fingerprint density at radius 3 is 2.55 bits per heavy atom. The van der Waals surface area contributed by atoms with Gasteiger partial charge < -0.3 is 10.3 Å². The Labute approximate surface area is 178 Å². The second-order valence-corrected chi connectivity index (χ2v) is 7.69. The summed E-state index contributed by atoms with van der Waals surface area (Å²) in [5.41, 5.74) is 0.980. The molecule has 0 atom stereocenters. The van der Waals surface area contributed by atoms with Crippen LogP contribution in [0.5, 0.6) is 0 Å². The molecule has 0 fully saturated rings. The van der Waals surface area contributed by atoms with E-state index in [1.165, 1.54) is 16.7 Å². The molecule has 6 nitrogen and oxygen atoms in total. The van der Waals surface area contributed by atoms with E-state index in [9.17, 15) is 22.8 Å². The quantitative estimate of drug-likeness (QED) is 0.346. The molecule has 10 heteroatoms. The van der Waals surface area contributed by atoms with E-state index in [1.54, 1.807) is 0 Å². The van der Waals surface area contributed by atoms with Crippen molar-refractivity contribution >= 4 is 45.3 Å². The number of aromatic nitrogens is 3. The van der Waals surface area contributed by atoms with E-state index in [2.05, 4.69) is 15.3 Å². The predicted molar refractivity (Wildman–Crippen MR) is 114 cm³/mol. The van der Waals surface area contributed by atoms with Gasteiger partial charge in [-0.3, -0.25) is 14.2 Å². The van der Waals surface area contributed by atoms with Crippen molar-refractivity contribution in [2.75, 3.05) is 11.1 Å². The van der Waals surface area contributed by atoms with Gasteiger partial charge in [0.25, 0.3) is 5.56 Å². The van der Waals surface area contributed by atoms with E-state index in [-0.39, 0.29) is 17.0 Å². The van der Waals surface area contributed by atoms with Crippen LogP contribution in [-0.2, 0) is 17.5 Å². The molecule has 2 heterocycles. The monoisotopic (exact) mass is 446 g/mol. The predicted octanol–water partition coefficient (Wildman–Crippen LogP) is 4.65. The minimum atomic E-state index is -4.44. The van der Waals surface area contributed by atoms with Crippen molar-refractivity contribution in [3.05, 3.63) is 64.4 Å². The molecule has 0 unspecified atom stereocenters. The first-order valence-electron chi connectivity index (χ1n) is 9.39. The number of carbonyl (C=O) groups is 1. The van der Waals surface area contributed by atoms with Crippen LogP contribution in [-0.4, -0.2) is 26.2 Å². The zero-order chi connectivity index (χ0) is 22.2. The van der Waals surface area contributed by atoms with E-state index in [1.807, 2.05) is 31.2 Å². The molecule has 4 aromatic rings. The van der Waals surface area contributed by atoms with Crippen molar-refractivity contribution < 1.29 is 18.0 Å². The molecule has 0 aliphatic carbocycles. The molecule has 2 aromatic carbocycles. The molecule has 0 aliphatic rings. The number of alkyl halides is 3. The Hall–Kier alpha value is -3.27. The van der Waals surface area contributed by atoms with Gasteiger partial charge in [0.2, 0.25) is 5.91 Å². The molecule has 4 rings (SSSR count). The fourth-order valence-electron chi connectivity index (χ4n) is 3.23. The minimum absolute atomic E-state index is 0.0542. The van der Waals surface area contributed by atoms with Crippen molar-refractivity contribution in [1.82, 2.24) is 14.5 Å². The largest absolute Gasteiger partial charge is 0.416 e. The normalized spacial score (nSPS) is 11.9. The fourth-order valence-corrected chi connectivity index (χ4v) is 4.09. The molecule has 0 aliphatic heterocycles. The number of halogens is 3. The van der Waals surface area contributed by atoms with Crippen LogP contribution in [0.25, 0.3) is 21.9 Å². The van der Waals surface area contributed by atoms with Gasteiger partial charge >= 0.3 is 6.18 Å². The van der Waals surface area contributed by atoms with Gasteiger partial charge in [0.15, 0.2) is 5.16 Å². The number of rotatable bonds is 5. The Morgan fingerprint density at radius 2 is 1.87 bits per heavy atom. The summed E-state index contributed by atoms with van der Waals surface area (Å²) in [6, 6.07) is 11.6. The molecule has 0 bridgehead atoms. The molecular weight excluding hydrogens is 429 g/mol. The SMILES string of the molecule is CCn1c(SCC(=O)Nc2ccc(C(F)(F)F)cc2)nc2c([nH]c3ccccc32)c1=O. The highest BCUT2D eigenvalue weighted by atomic mass is 32.2. The molecule has 31 heavy (non-hydrogen) atoms. The maximum atomic E-state index is 12.9. The lowest BCUT2D eigenvalue weighted by atomic mass is 10.2. The van der Waals surface area contributed by atoms with Gasteiger partial charge in [0, 0.05) is 23.1 Å². The van der Waals surface area contributed by atoms with Crippen LogP contribution in [0, 0.1) is 0 Å². The number of fused-ring (bicyclic) bond motifs is 3. The van der Waals surface area contributed by atoms with Gasteiger partial charge in [-0.1, -0.05) is 30.0 Å². The molecular formula is C21H17F3N4O2S. The van der Waals surface area contributed by atoms with Crippen LogP contribution in [0.4, 0.5) is 18.9 Å². The lowest BCUT2D eigenvalue weighted by molar-refractivity contribution is -0.137. The zero-order valence-corrected chi connectivity index (χ0v) is 17.1. The summed E-state index contributed by atoms with van der Waals surface area (Å²) in [6.45, 7) is 2.18. The smallest absolute Gasteiger partial charge is 0.349 e. The van der Waals surface area contributed by atoms with Crippen LogP contribution in [0.1, 0.15) is 12.5 Å². The zero-order valence-electron chi connectivity index (χ0n) is 16.3. The van der Waals surface area contributed by atoms with E-state index >= 15 is 0 Å². The average molecular weight is 446 g/mol. The van der Waals surface area contributed by atoms with Crippen LogP contribution in [0.3, 0.4) is 0 Å². The number of amides is 1. The van der Waals surface area contributed by atoms with Gasteiger partial charge in [-0.05, 0) is 37.3 Å². The second-order valence-electron chi connectivity index (χ2n) is 6.75. The van der Waals surface area contributed by atoms with Crippen LogP contribution in [0.15, 0.2) is 58.5 Å². The van der Waals surface area contributed by atoms with E-state index < -0.39 is 17.6 Å². The Kier molecular flexibility index (Phi) is 5.48. The van der Waals surface area contributed by atoms with E-state index in [0.717, 1.165) is 34.8 Å². The number of anilines is 1. The maximum Gasteiger partial charge on any atom is 0.416 e. The number of thioether (sulfide) groups is 1. The first-order valence-corrected chi connectivity index (χ1v) is 10.4. The highest BCUT2D eigenvalue weighted by Gasteiger charge is 2.30. The van der Waals surface area contributed by atoms with Gasteiger partial charge in [0.05, 0.1) is 11.3 Å². The molecule has 0 saturated carbocycles. The summed E-state index contributed by atoms with van der Waals surface area (Å²) in [7, 11) is 0. The lowest BCUT2D eigenvalue weighted by Gasteiger charge is -2.11. The standard InChI is InChI=1S/C21H17F3N4O2S/c1-2-28-19(30)18-17(14-5-3-4-6-15(14)26-18)27-20(28)31-11-16(29)25-13-9-7-12(8-10-13)21(22,23)24/h3-10,26H,2,11H2,1H3,(H,25,29). The van der Waals surface area contributed by atoms with Gasteiger partial charge in [0.1, 0.15) is 11.0 Å². The summed E-state index contributed by atoms with van der Waals surface area (Å²) in [5, 5.41) is 3.77. The molecule has 2 aromatic heterocycles. The van der Waals surface area contributed by atoms with Crippen LogP contribution >= 0.6 is 11.8 Å². The average Bonchev–Trinajstić information content (AvgIpc) is 3.11. The van der Waals surface area contributed by atoms with Crippen molar-refractivity contribution in [3.8, 4) is 0 Å². The van der Waals surface area contributed by atoms with Gasteiger partial charge in [-0.15, -0.1) is 0 Å². The molecule has 2 N–H and O–H groups in total. The van der Waals surface area contributed by atoms with Crippen molar-refractivity contribution in [3.63, 3.8) is 0 Å². The first kappa shape index (κ1) is 21.0. The lowest BCUT2D eigenvalue weighted by Crippen LogP contribution is -2.23. The highest BCUT2D eigenvalue weighted by Crippen LogP contribution is 2.30. The van der Waals surface area contributed by atoms with Crippen LogP contribution < -0.4 is 10.9 Å². The number of nitrogens with one attached hydrogen (secondary N) is 2. The van der Waals surface area contributed by atoms with Crippen molar-refractivity contribution in [2.45, 2.75) is 24.8 Å². The number of H-pyrrole nitrogens is 1. The van der Waals surface area contributed by atoms with E-state index in [4.69, 9.17) is 0 Å². The van der Waals surface area contributed by atoms with Gasteiger partial charge in [-0.25, -0.2) is 4.98 Å². The number of aromatic amines is 1. The maximum absolute atomic E-state index is 12.9. The summed E-state index contributed by atoms with van der Waals surface area (Å²) in [6.07, 6.45) is -4.44. The molecule has 0 saturated heterocycles. The molecule has 0 spiro atoms. The minimum Gasteiger partial charge on any atom is -0.349 e. The number of benzene rings is 2. The van der Waals surface area contributed by atoms with E-state index in [0.29, 0.717) is 22.7 Å². The van der Waals surface area contributed by atoms with Crippen molar-refractivity contribution in [2.24, 2.45) is 0 Å². The fraction of sp³-hybridized carbons (Fsp3) is 0.190. The Bertz CT molecular complexity index is 1330. The van der Waals surface area contributed by atoms with Gasteiger partial charge in [-0.2, -0.15) is 13.2 Å². The molecule has 1 amide bonds. The summed E-state index contributed by atoms with van der Waals surface area (Å²) >= 11 is 1.09.